The Morgan fingerprint density at radius 3 is 2.78 bits per heavy atom. The molecular weight excluding hydrogens is 308 g/mol. The number of amides is 2. The van der Waals surface area contributed by atoms with Crippen molar-refractivity contribution in [3.05, 3.63) is 39.3 Å². The van der Waals surface area contributed by atoms with E-state index in [1.165, 1.54) is 5.56 Å². The first-order valence-corrected chi connectivity index (χ1v) is 9.00. The van der Waals surface area contributed by atoms with E-state index >= 15 is 0 Å². The van der Waals surface area contributed by atoms with Gasteiger partial charge in [-0.3, -0.25) is 4.68 Å². The molecule has 0 spiro atoms. The first-order chi connectivity index (χ1) is 11.0. The van der Waals surface area contributed by atoms with E-state index in [0.29, 0.717) is 12.6 Å². The average Bonchev–Trinajstić information content (AvgIpc) is 3.13. The van der Waals surface area contributed by atoms with Crippen LogP contribution in [0, 0.1) is 13.8 Å². The summed E-state index contributed by atoms with van der Waals surface area (Å²) in [5.74, 6) is 0. The fraction of sp³-hybridized carbons (Fsp3) is 0.529. The van der Waals surface area contributed by atoms with Crippen molar-refractivity contribution in [3.8, 4) is 0 Å². The van der Waals surface area contributed by atoms with Crippen LogP contribution in [0.2, 0.25) is 0 Å². The Kier molecular flexibility index (Phi) is 4.43. The van der Waals surface area contributed by atoms with Crippen LogP contribution in [0.1, 0.15) is 48.3 Å². The molecule has 0 unspecified atom stereocenters. The summed E-state index contributed by atoms with van der Waals surface area (Å²) >= 11 is 1.67. The molecule has 2 aromatic heterocycles. The summed E-state index contributed by atoms with van der Waals surface area (Å²) in [6.45, 7) is 6.76. The molecule has 1 N–H and O–H groups in total. The number of rotatable bonds is 5. The number of hydrogen-bond acceptors (Lipinski definition) is 3. The zero-order valence-corrected chi connectivity index (χ0v) is 15.0. The smallest absolute Gasteiger partial charge is 0.318 e. The molecule has 23 heavy (non-hydrogen) atoms. The molecule has 3 rings (SSSR count). The summed E-state index contributed by atoms with van der Waals surface area (Å²) < 4.78 is 1.87. The maximum Gasteiger partial charge on any atom is 0.318 e. The van der Waals surface area contributed by atoms with Crippen molar-refractivity contribution < 1.29 is 4.79 Å². The zero-order chi connectivity index (χ0) is 16.6. The van der Waals surface area contributed by atoms with E-state index in [-0.39, 0.29) is 12.1 Å². The van der Waals surface area contributed by atoms with Gasteiger partial charge in [-0.25, -0.2) is 4.79 Å². The van der Waals surface area contributed by atoms with Gasteiger partial charge in [0.15, 0.2) is 0 Å². The highest BCUT2D eigenvalue weighted by Gasteiger charge is 2.33. The summed E-state index contributed by atoms with van der Waals surface area (Å²) in [6.07, 6.45) is 2.22. The van der Waals surface area contributed by atoms with Crippen molar-refractivity contribution in [2.75, 3.05) is 0 Å². The third-order valence-corrected chi connectivity index (χ3v) is 5.25. The minimum absolute atomic E-state index is 0.0221. The summed E-state index contributed by atoms with van der Waals surface area (Å²) in [5, 5.41) is 11.8. The molecule has 5 nitrogen and oxygen atoms in total. The number of aromatic nitrogens is 2. The van der Waals surface area contributed by atoms with Gasteiger partial charge < -0.3 is 10.2 Å². The molecule has 1 atom stereocenters. The summed E-state index contributed by atoms with van der Waals surface area (Å²) in [5.41, 5.74) is 4.41. The fourth-order valence-corrected chi connectivity index (χ4v) is 3.75. The number of hydrogen-bond donors (Lipinski definition) is 1. The molecule has 6 heteroatoms. The minimum atomic E-state index is -0.0417. The first kappa shape index (κ1) is 16.1. The predicted molar refractivity (Wildman–Crippen MR) is 92.5 cm³/mol. The van der Waals surface area contributed by atoms with Gasteiger partial charge in [0.25, 0.3) is 0 Å². The molecule has 2 aromatic rings. The maximum absolute atomic E-state index is 12.8. The van der Waals surface area contributed by atoms with Crippen molar-refractivity contribution >= 4 is 17.4 Å². The highest BCUT2D eigenvalue weighted by molar-refractivity contribution is 7.07. The molecular formula is C17H24N4OS. The number of carbonyl (C=O) groups excluding carboxylic acids is 1. The van der Waals surface area contributed by atoms with Crippen molar-refractivity contribution in [1.82, 2.24) is 20.0 Å². The normalized spacial score (nSPS) is 15.5. The molecule has 0 aromatic carbocycles. The van der Waals surface area contributed by atoms with Gasteiger partial charge in [-0.15, -0.1) is 0 Å². The highest BCUT2D eigenvalue weighted by Crippen LogP contribution is 2.29. The van der Waals surface area contributed by atoms with Gasteiger partial charge in [0, 0.05) is 30.9 Å². The van der Waals surface area contributed by atoms with Gasteiger partial charge in [0.1, 0.15) is 0 Å². The molecule has 1 aliphatic rings. The molecule has 0 aliphatic heterocycles. The Labute approximate surface area is 141 Å². The van der Waals surface area contributed by atoms with Crippen molar-refractivity contribution in [2.45, 2.75) is 52.2 Å². The number of aryl methyl sites for hydroxylation is 2. The SMILES string of the molecule is Cc1nn(C)c(C)c1[C@@H](C)NC(=O)N(Cc1ccsc1)C1CC1. The lowest BCUT2D eigenvalue weighted by molar-refractivity contribution is 0.188. The summed E-state index contributed by atoms with van der Waals surface area (Å²) in [7, 11) is 1.94. The van der Waals surface area contributed by atoms with E-state index in [9.17, 15) is 4.79 Å². The first-order valence-electron chi connectivity index (χ1n) is 8.05. The van der Waals surface area contributed by atoms with Crippen molar-refractivity contribution in [1.29, 1.82) is 0 Å². The summed E-state index contributed by atoms with van der Waals surface area (Å²) in [6, 6.07) is 2.46. The monoisotopic (exact) mass is 332 g/mol. The van der Waals surface area contributed by atoms with Crippen LogP contribution in [0.5, 0.6) is 0 Å². The van der Waals surface area contributed by atoms with Crippen LogP contribution in [0.3, 0.4) is 0 Å². The lowest BCUT2D eigenvalue weighted by Crippen LogP contribution is -2.42. The average molecular weight is 332 g/mol. The van der Waals surface area contributed by atoms with Gasteiger partial charge in [-0.2, -0.15) is 16.4 Å². The van der Waals surface area contributed by atoms with Gasteiger partial charge in [-0.1, -0.05) is 0 Å². The molecule has 1 fully saturated rings. The van der Waals surface area contributed by atoms with Crippen LogP contribution in [0.15, 0.2) is 16.8 Å². The van der Waals surface area contributed by atoms with Crippen LogP contribution in [-0.2, 0) is 13.6 Å². The molecule has 124 valence electrons. The maximum atomic E-state index is 12.8. The van der Waals surface area contributed by atoms with E-state index < -0.39 is 0 Å². The zero-order valence-electron chi connectivity index (χ0n) is 14.2. The van der Waals surface area contributed by atoms with E-state index in [1.807, 2.05) is 37.4 Å². The van der Waals surface area contributed by atoms with E-state index in [4.69, 9.17) is 0 Å². The lowest BCUT2D eigenvalue weighted by atomic mass is 10.1. The van der Waals surface area contributed by atoms with E-state index in [1.54, 1.807) is 11.3 Å². The Bertz CT molecular complexity index is 688. The highest BCUT2D eigenvalue weighted by atomic mass is 32.1. The quantitative estimate of drug-likeness (QED) is 0.910. The van der Waals surface area contributed by atoms with E-state index in [0.717, 1.165) is 29.8 Å². The minimum Gasteiger partial charge on any atom is -0.331 e. The predicted octanol–water partition coefficient (Wildman–Crippen LogP) is 3.53. The van der Waals surface area contributed by atoms with Crippen LogP contribution in [0.25, 0.3) is 0 Å². The molecule has 0 bridgehead atoms. The number of carbonyl (C=O) groups is 1. The van der Waals surface area contributed by atoms with Crippen LogP contribution < -0.4 is 5.32 Å². The lowest BCUT2D eigenvalue weighted by Gasteiger charge is -2.25. The molecule has 2 heterocycles. The molecule has 1 aliphatic carbocycles. The Hall–Kier alpha value is -1.82. The standard InChI is InChI=1S/C17H24N4OS/c1-11(16-12(2)19-20(4)13(16)3)18-17(22)21(15-5-6-15)9-14-7-8-23-10-14/h7-8,10-11,15H,5-6,9H2,1-4H3,(H,18,22)/t11-/m1/s1. The molecule has 0 radical (unpaired) electrons. The second-order valence-electron chi connectivity index (χ2n) is 6.37. The van der Waals surface area contributed by atoms with Crippen LogP contribution in [-0.4, -0.2) is 26.8 Å². The van der Waals surface area contributed by atoms with Gasteiger partial charge in [0.2, 0.25) is 0 Å². The number of thiophene rings is 1. The Balaban J connectivity index is 1.71. The second-order valence-corrected chi connectivity index (χ2v) is 7.15. The third-order valence-electron chi connectivity index (χ3n) is 4.52. The fourth-order valence-electron chi connectivity index (χ4n) is 3.09. The number of urea groups is 1. The molecule has 1 saturated carbocycles. The van der Waals surface area contributed by atoms with Gasteiger partial charge >= 0.3 is 6.03 Å². The summed E-state index contributed by atoms with van der Waals surface area (Å²) in [4.78, 5) is 14.7. The van der Waals surface area contributed by atoms with Crippen LogP contribution >= 0.6 is 11.3 Å². The number of nitrogens with one attached hydrogen (secondary N) is 1. The van der Waals surface area contributed by atoms with Crippen LogP contribution in [0.4, 0.5) is 4.79 Å². The largest absolute Gasteiger partial charge is 0.331 e. The molecule has 0 saturated heterocycles. The van der Waals surface area contributed by atoms with Gasteiger partial charge in [-0.05, 0) is 56.0 Å². The Morgan fingerprint density at radius 1 is 1.52 bits per heavy atom. The second kappa shape index (κ2) is 6.35. The van der Waals surface area contributed by atoms with Crippen molar-refractivity contribution in [3.63, 3.8) is 0 Å². The van der Waals surface area contributed by atoms with Gasteiger partial charge in [0.05, 0.1) is 11.7 Å². The topological polar surface area (TPSA) is 50.2 Å². The number of nitrogens with zero attached hydrogens (tertiary/aromatic N) is 3. The molecule has 2 amide bonds. The van der Waals surface area contributed by atoms with Crippen molar-refractivity contribution in [2.24, 2.45) is 7.05 Å². The third kappa shape index (κ3) is 3.42. The van der Waals surface area contributed by atoms with E-state index in [2.05, 4.69) is 27.2 Å². The Morgan fingerprint density at radius 2 is 2.26 bits per heavy atom.